The third-order valence-electron chi connectivity index (χ3n) is 3.90. The summed E-state index contributed by atoms with van der Waals surface area (Å²) in [6.45, 7) is 4.67. The maximum Gasteiger partial charge on any atom is 0.342 e. The summed E-state index contributed by atoms with van der Waals surface area (Å²) in [5.74, 6) is -2.14. The van der Waals surface area contributed by atoms with Crippen molar-refractivity contribution >= 4 is 33.7 Å². The Morgan fingerprint density at radius 1 is 1.19 bits per heavy atom. The molecular weight excluding hydrogens is 406 g/mol. The molecule has 0 fully saturated rings. The van der Waals surface area contributed by atoms with E-state index < -0.39 is 23.8 Å². The molecule has 1 aromatic heterocycles. The van der Waals surface area contributed by atoms with Crippen LogP contribution < -0.4 is 0 Å². The Hall–Kier alpha value is -2.61. The van der Waals surface area contributed by atoms with Gasteiger partial charge in [-0.3, -0.25) is 4.79 Å². The molecule has 26 heavy (non-hydrogen) atoms. The number of aryl methyl sites for hydroxylation is 1. The van der Waals surface area contributed by atoms with Crippen LogP contribution >= 0.6 is 15.9 Å². The summed E-state index contributed by atoms with van der Waals surface area (Å²) < 4.78 is 10.5. The van der Waals surface area contributed by atoms with Gasteiger partial charge in [0.2, 0.25) is 5.78 Å². The first-order chi connectivity index (χ1) is 12.2. The molecule has 8 heteroatoms. The zero-order chi connectivity index (χ0) is 19.6. The van der Waals surface area contributed by atoms with Crippen LogP contribution in [0.3, 0.4) is 0 Å². The third kappa shape index (κ3) is 3.80. The summed E-state index contributed by atoms with van der Waals surface area (Å²) in [6, 6.07) is 4.31. The van der Waals surface area contributed by atoms with Gasteiger partial charge in [-0.1, -0.05) is 15.9 Å². The van der Waals surface area contributed by atoms with Crippen molar-refractivity contribution in [1.82, 2.24) is 4.98 Å². The Morgan fingerprint density at radius 2 is 1.85 bits per heavy atom. The Morgan fingerprint density at radius 3 is 2.46 bits per heavy atom. The number of methoxy groups -OCH3 is 1. The van der Waals surface area contributed by atoms with Crippen molar-refractivity contribution in [3.63, 3.8) is 0 Å². The highest BCUT2D eigenvalue weighted by Gasteiger charge is 2.28. The maximum absolute atomic E-state index is 12.6. The van der Waals surface area contributed by atoms with Crippen LogP contribution in [0.2, 0.25) is 0 Å². The second kappa shape index (κ2) is 7.74. The lowest BCUT2D eigenvalue weighted by Crippen LogP contribution is -2.25. The highest BCUT2D eigenvalue weighted by molar-refractivity contribution is 9.10. The van der Waals surface area contributed by atoms with Gasteiger partial charge in [0.25, 0.3) is 0 Å². The van der Waals surface area contributed by atoms with Crippen LogP contribution in [0.1, 0.15) is 49.4 Å². The quantitative estimate of drug-likeness (QED) is 0.564. The van der Waals surface area contributed by atoms with Crippen LogP contribution in [-0.2, 0) is 9.47 Å². The summed E-state index contributed by atoms with van der Waals surface area (Å²) in [7, 11) is 1.25. The molecule has 2 aromatic rings. The second-order valence-electron chi connectivity index (χ2n) is 5.69. The third-order valence-corrected chi connectivity index (χ3v) is 4.40. The van der Waals surface area contributed by atoms with E-state index in [-0.39, 0.29) is 22.6 Å². The van der Waals surface area contributed by atoms with Crippen LogP contribution in [0, 0.1) is 13.8 Å². The first kappa shape index (κ1) is 19.7. The summed E-state index contributed by atoms with van der Waals surface area (Å²) in [5, 5.41) is 9.78. The van der Waals surface area contributed by atoms with Crippen molar-refractivity contribution in [1.29, 1.82) is 0 Å². The molecule has 0 aliphatic rings. The predicted molar refractivity (Wildman–Crippen MR) is 96.6 cm³/mol. The molecule has 1 atom stereocenters. The lowest BCUT2D eigenvalue weighted by molar-refractivity contribution is 0.0314. The zero-order valence-electron chi connectivity index (χ0n) is 14.7. The predicted octanol–water partition coefficient (Wildman–Crippen LogP) is 3.31. The van der Waals surface area contributed by atoms with E-state index >= 15 is 0 Å². The molecule has 1 heterocycles. The number of aromatic nitrogens is 1. The molecule has 0 aliphatic heterocycles. The van der Waals surface area contributed by atoms with Crippen molar-refractivity contribution < 1.29 is 29.0 Å². The van der Waals surface area contributed by atoms with Crippen molar-refractivity contribution in [3.8, 4) is 5.75 Å². The van der Waals surface area contributed by atoms with Crippen LogP contribution in [0.15, 0.2) is 22.7 Å². The number of halogens is 1. The molecular formula is C18H18BrNO6. The van der Waals surface area contributed by atoms with E-state index in [1.165, 1.54) is 26.2 Å². The minimum atomic E-state index is -1.12. The van der Waals surface area contributed by atoms with Gasteiger partial charge < -0.3 is 19.6 Å². The lowest BCUT2D eigenvalue weighted by Gasteiger charge is -2.13. The number of hydrogen-bond donors (Lipinski definition) is 2. The molecule has 0 spiro atoms. The number of nitrogens with one attached hydrogen (secondary N) is 1. The van der Waals surface area contributed by atoms with E-state index in [1.807, 2.05) is 0 Å². The normalized spacial score (nSPS) is 11.7. The minimum Gasteiger partial charge on any atom is -0.507 e. The fourth-order valence-electron chi connectivity index (χ4n) is 2.56. The number of carbonyl (C=O) groups excluding carboxylic acids is 3. The standard InChI is InChI=1S/C18H18BrNO6/c1-8-14(18(24)25-4)9(2)20-15(8)16(22)10(3)26-17(23)12-7-11(19)5-6-13(12)21/h5-7,10,20-21H,1-4H3. The van der Waals surface area contributed by atoms with Crippen LogP contribution in [0.4, 0.5) is 0 Å². The summed E-state index contributed by atoms with van der Waals surface area (Å²) in [4.78, 5) is 39.5. The summed E-state index contributed by atoms with van der Waals surface area (Å²) in [6.07, 6.45) is -1.12. The van der Waals surface area contributed by atoms with Gasteiger partial charge in [-0.15, -0.1) is 0 Å². The van der Waals surface area contributed by atoms with Crippen LogP contribution in [-0.4, -0.2) is 41.0 Å². The van der Waals surface area contributed by atoms with E-state index in [9.17, 15) is 19.5 Å². The fraction of sp³-hybridized carbons (Fsp3) is 0.278. The zero-order valence-corrected chi connectivity index (χ0v) is 16.3. The van der Waals surface area contributed by atoms with E-state index in [4.69, 9.17) is 9.47 Å². The Kier molecular flexibility index (Phi) is 5.86. The second-order valence-corrected chi connectivity index (χ2v) is 6.61. The molecule has 1 unspecified atom stereocenters. The molecule has 1 aromatic carbocycles. The topological polar surface area (TPSA) is 106 Å². The number of aromatic hydroxyl groups is 1. The molecule has 2 N–H and O–H groups in total. The molecule has 7 nitrogen and oxygen atoms in total. The Balaban J connectivity index is 2.24. The summed E-state index contributed by atoms with van der Waals surface area (Å²) >= 11 is 3.20. The number of benzene rings is 1. The first-order valence-corrected chi connectivity index (χ1v) is 8.47. The number of phenolic OH excluding ortho intramolecular Hbond substituents is 1. The molecule has 0 bridgehead atoms. The number of ether oxygens (including phenoxy) is 2. The van der Waals surface area contributed by atoms with Gasteiger partial charge in [0.15, 0.2) is 6.10 Å². The molecule has 0 saturated heterocycles. The van der Waals surface area contributed by atoms with E-state index in [1.54, 1.807) is 19.9 Å². The van der Waals surface area contributed by atoms with Crippen molar-refractivity contribution in [2.45, 2.75) is 26.9 Å². The number of hydrogen-bond acceptors (Lipinski definition) is 6. The number of carbonyl (C=O) groups is 3. The van der Waals surface area contributed by atoms with Gasteiger partial charge >= 0.3 is 11.9 Å². The number of Topliss-reactive ketones (excluding diaryl/α,β-unsaturated/α-hetero) is 1. The van der Waals surface area contributed by atoms with Crippen molar-refractivity contribution in [2.24, 2.45) is 0 Å². The molecule has 138 valence electrons. The smallest absolute Gasteiger partial charge is 0.342 e. The minimum absolute atomic E-state index is 0.0614. The average molecular weight is 424 g/mol. The maximum atomic E-state index is 12.6. The van der Waals surface area contributed by atoms with E-state index in [0.29, 0.717) is 15.7 Å². The van der Waals surface area contributed by atoms with Crippen molar-refractivity contribution in [3.05, 3.63) is 50.8 Å². The highest BCUT2D eigenvalue weighted by Crippen LogP contribution is 2.24. The SMILES string of the molecule is COC(=O)c1c(C)[nH]c(C(=O)C(C)OC(=O)c2cc(Br)ccc2O)c1C. The number of ketones is 1. The number of esters is 2. The monoisotopic (exact) mass is 423 g/mol. The van der Waals surface area contributed by atoms with Gasteiger partial charge in [0.05, 0.1) is 18.4 Å². The van der Waals surface area contributed by atoms with Gasteiger partial charge in [0, 0.05) is 10.2 Å². The van der Waals surface area contributed by atoms with E-state index in [2.05, 4.69) is 20.9 Å². The first-order valence-electron chi connectivity index (χ1n) is 7.68. The molecule has 0 radical (unpaired) electrons. The van der Waals surface area contributed by atoms with Gasteiger partial charge in [0.1, 0.15) is 11.3 Å². The van der Waals surface area contributed by atoms with Gasteiger partial charge in [-0.25, -0.2) is 9.59 Å². The molecule has 2 rings (SSSR count). The van der Waals surface area contributed by atoms with Crippen LogP contribution in [0.5, 0.6) is 5.75 Å². The summed E-state index contributed by atoms with van der Waals surface area (Å²) in [5.41, 5.74) is 1.29. The number of rotatable bonds is 5. The number of H-pyrrole nitrogens is 1. The largest absolute Gasteiger partial charge is 0.507 e. The highest BCUT2D eigenvalue weighted by atomic mass is 79.9. The molecule has 0 aliphatic carbocycles. The fourth-order valence-corrected chi connectivity index (χ4v) is 2.92. The Bertz CT molecular complexity index is 886. The molecule has 0 amide bonds. The van der Waals surface area contributed by atoms with Crippen molar-refractivity contribution in [2.75, 3.05) is 7.11 Å². The Labute approximate surface area is 158 Å². The van der Waals surface area contributed by atoms with Crippen LogP contribution in [0.25, 0.3) is 0 Å². The van der Waals surface area contributed by atoms with E-state index in [0.717, 1.165) is 0 Å². The van der Waals surface area contributed by atoms with Gasteiger partial charge in [-0.05, 0) is 44.5 Å². The number of aromatic amines is 1. The van der Waals surface area contributed by atoms with Gasteiger partial charge in [-0.2, -0.15) is 0 Å². The lowest BCUT2D eigenvalue weighted by atomic mass is 10.1. The molecule has 0 saturated carbocycles. The number of phenols is 1. The average Bonchev–Trinajstić information content (AvgIpc) is 2.89.